The highest BCUT2D eigenvalue weighted by molar-refractivity contribution is 14.1. The van der Waals surface area contributed by atoms with Crippen molar-refractivity contribution in [1.82, 2.24) is 14.9 Å². The molecule has 1 rings (SSSR count). The first-order chi connectivity index (χ1) is 9.13. The molecule has 0 fully saturated rings. The highest BCUT2D eigenvalue weighted by atomic mass is 127. The second-order valence-corrected chi connectivity index (χ2v) is 5.41. The van der Waals surface area contributed by atoms with Crippen LogP contribution in [0.5, 0.6) is 0 Å². The molecule has 19 heavy (non-hydrogen) atoms. The number of hydrogen-bond donors (Lipinski definition) is 1. The van der Waals surface area contributed by atoms with Gasteiger partial charge in [0.1, 0.15) is 9.39 Å². The van der Waals surface area contributed by atoms with Gasteiger partial charge >= 0.3 is 0 Å². The molecule has 0 unspecified atom stereocenters. The van der Waals surface area contributed by atoms with E-state index in [0.717, 1.165) is 45.0 Å². The first kappa shape index (κ1) is 16.4. The molecular weight excluding hydrogens is 355 g/mol. The average Bonchev–Trinajstić information content (AvgIpc) is 2.43. The van der Waals surface area contributed by atoms with Crippen molar-refractivity contribution in [3.8, 4) is 0 Å². The molecule has 0 radical (unpaired) electrons. The maximum Gasteiger partial charge on any atom is 0.266 e. The molecule has 0 aliphatic rings. The van der Waals surface area contributed by atoms with Crippen LogP contribution in [0.25, 0.3) is 0 Å². The molecule has 108 valence electrons. The van der Waals surface area contributed by atoms with Crippen molar-refractivity contribution < 1.29 is 0 Å². The third-order valence-corrected chi connectivity index (χ3v) is 4.23. The summed E-state index contributed by atoms with van der Waals surface area (Å²) >= 11 is 2.07. The van der Waals surface area contributed by atoms with E-state index in [1.807, 2.05) is 0 Å². The normalized spacial score (nSPS) is 11.0. The smallest absolute Gasteiger partial charge is 0.266 e. The monoisotopic (exact) mass is 378 g/mol. The number of hydrogen-bond acceptors (Lipinski definition) is 4. The minimum atomic E-state index is -0.0622. The fraction of sp³-hybridized carbons (Fsp3) is 0.692. The Morgan fingerprint density at radius 1 is 1.21 bits per heavy atom. The fourth-order valence-electron chi connectivity index (χ4n) is 2.03. The molecule has 0 amide bonds. The summed E-state index contributed by atoms with van der Waals surface area (Å²) < 4.78 is 0.671. The Labute approximate surface area is 128 Å². The molecule has 0 aliphatic carbocycles. The first-order valence-corrected chi connectivity index (χ1v) is 7.92. The van der Waals surface area contributed by atoms with Crippen molar-refractivity contribution in [3.63, 3.8) is 0 Å². The number of rotatable bonds is 8. The molecular formula is C13H23IN4O. The topological polar surface area (TPSA) is 52.2 Å². The zero-order chi connectivity index (χ0) is 14.3. The van der Waals surface area contributed by atoms with Gasteiger partial charge in [-0.25, -0.2) is 4.98 Å². The van der Waals surface area contributed by atoms with E-state index in [2.05, 4.69) is 63.1 Å². The zero-order valence-electron chi connectivity index (χ0n) is 11.9. The number of nitrogens with one attached hydrogen (secondary N) is 1. The van der Waals surface area contributed by atoms with Gasteiger partial charge in [0.25, 0.3) is 5.56 Å². The lowest BCUT2D eigenvalue weighted by atomic mass is 10.3. The number of anilines is 1. The molecule has 1 heterocycles. The summed E-state index contributed by atoms with van der Waals surface area (Å²) in [5.41, 5.74) is -0.0622. The molecule has 0 saturated carbocycles. The van der Waals surface area contributed by atoms with Crippen LogP contribution in [0.1, 0.15) is 27.2 Å². The minimum Gasteiger partial charge on any atom is -0.356 e. The quantitative estimate of drug-likeness (QED) is 0.703. The Morgan fingerprint density at radius 3 is 2.47 bits per heavy atom. The minimum absolute atomic E-state index is 0.0622. The highest BCUT2D eigenvalue weighted by Crippen LogP contribution is 2.15. The van der Waals surface area contributed by atoms with E-state index in [0.29, 0.717) is 3.57 Å². The van der Waals surface area contributed by atoms with Gasteiger partial charge in [-0.15, -0.1) is 0 Å². The summed E-state index contributed by atoms with van der Waals surface area (Å²) in [6.07, 6.45) is 2.56. The van der Waals surface area contributed by atoms with Gasteiger partial charge in [-0.3, -0.25) is 4.79 Å². The lowest BCUT2D eigenvalue weighted by Crippen LogP contribution is -2.32. The maximum absolute atomic E-state index is 11.6. The predicted octanol–water partition coefficient (Wildman–Crippen LogP) is 1.93. The van der Waals surface area contributed by atoms with Gasteiger partial charge in [0, 0.05) is 13.1 Å². The summed E-state index contributed by atoms with van der Waals surface area (Å²) in [5.74, 6) is 0.798. The van der Waals surface area contributed by atoms with Gasteiger partial charge in [0.15, 0.2) is 0 Å². The molecule has 5 nitrogen and oxygen atoms in total. The van der Waals surface area contributed by atoms with E-state index in [-0.39, 0.29) is 5.56 Å². The van der Waals surface area contributed by atoms with Crippen LogP contribution in [0.15, 0.2) is 11.1 Å². The van der Waals surface area contributed by atoms with E-state index in [9.17, 15) is 4.79 Å². The van der Waals surface area contributed by atoms with Crippen molar-refractivity contribution in [2.24, 2.45) is 0 Å². The van der Waals surface area contributed by atoms with Crippen LogP contribution in [0.2, 0.25) is 0 Å². The molecule has 0 spiro atoms. The second kappa shape index (κ2) is 8.52. The van der Waals surface area contributed by atoms with E-state index in [1.54, 1.807) is 0 Å². The van der Waals surface area contributed by atoms with Crippen LogP contribution >= 0.6 is 22.6 Å². The van der Waals surface area contributed by atoms with Crippen LogP contribution in [-0.2, 0) is 0 Å². The average molecular weight is 378 g/mol. The van der Waals surface area contributed by atoms with Crippen LogP contribution < -0.4 is 10.5 Å². The van der Waals surface area contributed by atoms with Crippen LogP contribution in [0.4, 0.5) is 5.82 Å². The second-order valence-electron chi connectivity index (χ2n) is 4.33. The van der Waals surface area contributed by atoms with E-state index < -0.39 is 0 Å². The standard InChI is InChI=1S/C13H23IN4O/c1-4-17(5-2)8-7-9-18(6-3)12-11(14)13(19)16-10-15-12/h10H,4-9H2,1-3H3,(H,15,16,19). The fourth-order valence-corrected chi connectivity index (χ4v) is 2.67. The van der Waals surface area contributed by atoms with Gasteiger partial charge in [-0.05, 0) is 55.6 Å². The molecule has 0 bridgehead atoms. The SMILES string of the molecule is CCN(CC)CCCN(CC)c1nc[nH]c(=O)c1I. The van der Waals surface area contributed by atoms with E-state index in [1.165, 1.54) is 6.33 Å². The Bertz CT molecular complexity index is 431. The van der Waals surface area contributed by atoms with Gasteiger partial charge in [-0.1, -0.05) is 13.8 Å². The largest absolute Gasteiger partial charge is 0.356 e. The molecule has 0 saturated heterocycles. The van der Waals surface area contributed by atoms with Gasteiger partial charge in [0.05, 0.1) is 6.33 Å². The summed E-state index contributed by atoms with van der Waals surface area (Å²) in [4.78, 5) is 23.1. The summed E-state index contributed by atoms with van der Waals surface area (Å²) in [7, 11) is 0. The third kappa shape index (κ3) is 4.76. The zero-order valence-corrected chi connectivity index (χ0v) is 14.1. The van der Waals surface area contributed by atoms with Gasteiger partial charge in [0.2, 0.25) is 0 Å². The van der Waals surface area contributed by atoms with Gasteiger partial charge < -0.3 is 14.8 Å². The lowest BCUT2D eigenvalue weighted by Gasteiger charge is -2.24. The Hall–Kier alpha value is -0.630. The Morgan fingerprint density at radius 2 is 1.89 bits per heavy atom. The van der Waals surface area contributed by atoms with E-state index in [4.69, 9.17) is 0 Å². The van der Waals surface area contributed by atoms with Crippen LogP contribution in [-0.4, -0.2) is 47.6 Å². The number of aromatic amines is 1. The highest BCUT2D eigenvalue weighted by Gasteiger charge is 2.12. The number of halogens is 1. The Kier molecular flexibility index (Phi) is 7.37. The molecule has 0 aliphatic heterocycles. The van der Waals surface area contributed by atoms with Crippen LogP contribution in [0, 0.1) is 3.57 Å². The van der Waals surface area contributed by atoms with Gasteiger partial charge in [-0.2, -0.15) is 0 Å². The number of nitrogens with zero attached hydrogens (tertiary/aromatic N) is 3. The van der Waals surface area contributed by atoms with Crippen LogP contribution in [0.3, 0.4) is 0 Å². The van der Waals surface area contributed by atoms with Crippen molar-refractivity contribution >= 4 is 28.4 Å². The predicted molar refractivity (Wildman–Crippen MR) is 87.9 cm³/mol. The van der Waals surface area contributed by atoms with Crippen molar-refractivity contribution in [2.75, 3.05) is 37.6 Å². The van der Waals surface area contributed by atoms with E-state index >= 15 is 0 Å². The summed E-state index contributed by atoms with van der Waals surface area (Å²) in [6.45, 7) is 11.5. The molecule has 1 aromatic rings. The molecule has 1 aromatic heterocycles. The maximum atomic E-state index is 11.6. The first-order valence-electron chi connectivity index (χ1n) is 6.84. The molecule has 0 atom stereocenters. The van der Waals surface area contributed by atoms with Crippen molar-refractivity contribution in [2.45, 2.75) is 27.2 Å². The number of aromatic nitrogens is 2. The molecule has 0 aromatic carbocycles. The molecule has 1 N–H and O–H groups in total. The lowest BCUT2D eigenvalue weighted by molar-refractivity contribution is 0.300. The third-order valence-electron chi connectivity index (χ3n) is 3.26. The Balaban J connectivity index is 2.63. The molecule has 6 heteroatoms. The van der Waals surface area contributed by atoms with Crippen molar-refractivity contribution in [1.29, 1.82) is 0 Å². The summed E-state index contributed by atoms with van der Waals surface area (Å²) in [6, 6.07) is 0. The number of H-pyrrole nitrogens is 1. The summed E-state index contributed by atoms with van der Waals surface area (Å²) in [5, 5.41) is 0. The van der Waals surface area contributed by atoms with Crippen molar-refractivity contribution in [3.05, 3.63) is 20.3 Å².